The molecular formula is C39H30N3O2P. The molecule has 0 N–H and O–H groups in total. The van der Waals surface area contributed by atoms with Crippen LogP contribution in [-0.4, -0.2) is 14.5 Å². The van der Waals surface area contributed by atoms with Crippen LogP contribution in [0.2, 0.25) is 0 Å². The van der Waals surface area contributed by atoms with Crippen molar-refractivity contribution in [2.45, 2.75) is 19.3 Å². The lowest BCUT2D eigenvalue weighted by Gasteiger charge is -2.20. The van der Waals surface area contributed by atoms with E-state index in [4.69, 9.17) is 14.4 Å². The number of benzene rings is 5. The van der Waals surface area contributed by atoms with Gasteiger partial charge in [0, 0.05) is 39.0 Å². The summed E-state index contributed by atoms with van der Waals surface area (Å²) >= 11 is 0. The number of rotatable bonds is 6. The highest BCUT2D eigenvalue weighted by Gasteiger charge is 2.31. The topological polar surface area (TPSA) is 60.9 Å². The maximum atomic E-state index is 15.1. The van der Waals surface area contributed by atoms with E-state index in [1.807, 2.05) is 109 Å². The summed E-state index contributed by atoms with van der Waals surface area (Å²) in [6.45, 7) is 0. The van der Waals surface area contributed by atoms with Crippen LogP contribution in [0.3, 0.4) is 0 Å². The van der Waals surface area contributed by atoms with Gasteiger partial charge < -0.3 is 8.98 Å². The Kier molecular flexibility index (Phi) is 6.89. The standard InChI is InChI=1S/C39H30N3O2P/c43-45(31-20-9-3-10-21-31,32-22-11-4-12-23-32)33-24-13-19-30(27-33)38-40-34-25-14-26-35-41-36(28-15-5-1-6-16-28)37(42(35)39(34)44-38)29-17-7-2-8-18-29/h1-13,15-24,27H,14,25-26H2. The number of aryl methyl sites for hydroxylation is 2. The first-order valence-corrected chi connectivity index (χ1v) is 17.0. The minimum Gasteiger partial charge on any atom is -0.419 e. The van der Waals surface area contributed by atoms with Crippen molar-refractivity contribution in [3.8, 4) is 39.9 Å². The van der Waals surface area contributed by atoms with E-state index in [1.165, 1.54) is 0 Å². The Bertz CT molecular complexity index is 2110. The molecule has 5 aromatic carbocycles. The first kappa shape index (κ1) is 27.3. The third-order valence-electron chi connectivity index (χ3n) is 8.43. The second-order valence-corrected chi connectivity index (χ2v) is 14.0. The van der Waals surface area contributed by atoms with Crippen molar-refractivity contribution in [3.05, 3.63) is 157 Å². The van der Waals surface area contributed by atoms with Gasteiger partial charge in [0.1, 0.15) is 11.5 Å². The molecule has 0 aliphatic carbocycles. The molecule has 6 heteroatoms. The van der Waals surface area contributed by atoms with E-state index >= 15 is 4.57 Å². The number of hydrogen-bond acceptors (Lipinski definition) is 4. The molecule has 0 bridgehead atoms. The van der Waals surface area contributed by atoms with Crippen LogP contribution in [-0.2, 0) is 17.4 Å². The second-order valence-electron chi connectivity index (χ2n) is 11.2. The lowest BCUT2D eigenvalue weighted by atomic mass is 10.0. The molecule has 8 rings (SSSR count). The number of hydrogen-bond donors (Lipinski definition) is 0. The Morgan fingerprint density at radius 1 is 0.578 bits per heavy atom. The third-order valence-corrected chi connectivity index (χ3v) is 11.5. The van der Waals surface area contributed by atoms with Crippen LogP contribution in [0, 0.1) is 0 Å². The van der Waals surface area contributed by atoms with Gasteiger partial charge >= 0.3 is 0 Å². The summed E-state index contributed by atoms with van der Waals surface area (Å²) in [5.41, 5.74) is 5.74. The van der Waals surface area contributed by atoms with Gasteiger partial charge in [0.25, 0.3) is 0 Å². The van der Waals surface area contributed by atoms with Gasteiger partial charge in [0.15, 0.2) is 7.14 Å². The Hall–Kier alpha value is -5.25. The smallest absolute Gasteiger partial charge is 0.230 e. The quantitative estimate of drug-likeness (QED) is 0.181. The molecular weight excluding hydrogens is 573 g/mol. The fourth-order valence-corrected chi connectivity index (χ4v) is 8.98. The number of aromatic nitrogens is 3. The molecule has 1 aliphatic heterocycles. The lowest BCUT2D eigenvalue weighted by Crippen LogP contribution is -2.25. The normalized spacial score (nSPS) is 12.7. The van der Waals surface area contributed by atoms with Gasteiger partial charge in [-0.3, -0.25) is 4.57 Å². The van der Waals surface area contributed by atoms with E-state index < -0.39 is 7.14 Å². The second kappa shape index (κ2) is 11.4. The summed E-state index contributed by atoms with van der Waals surface area (Å²) in [7, 11) is -3.15. The van der Waals surface area contributed by atoms with Crippen molar-refractivity contribution in [1.82, 2.24) is 14.5 Å². The Morgan fingerprint density at radius 3 is 1.78 bits per heavy atom. The molecule has 0 saturated heterocycles. The van der Waals surface area contributed by atoms with Crippen molar-refractivity contribution in [2.24, 2.45) is 0 Å². The molecule has 0 radical (unpaired) electrons. The van der Waals surface area contributed by atoms with Crippen molar-refractivity contribution < 1.29 is 8.98 Å². The predicted octanol–water partition coefficient (Wildman–Crippen LogP) is 7.99. The molecule has 218 valence electrons. The summed E-state index contributed by atoms with van der Waals surface area (Å²) in [6, 6.07) is 48.0. The van der Waals surface area contributed by atoms with Crippen LogP contribution in [0.1, 0.15) is 17.9 Å². The van der Waals surface area contributed by atoms with Crippen molar-refractivity contribution in [3.63, 3.8) is 0 Å². The number of nitrogens with zero attached hydrogens (tertiary/aromatic N) is 3. The summed E-state index contributed by atoms with van der Waals surface area (Å²) in [4.78, 5) is 10.3. The molecule has 5 nitrogen and oxygen atoms in total. The van der Waals surface area contributed by atoms with E-state index in [0.29, 0.717) is 11.8 Å². The molecule has 0 spiro atoms. The van der Waals surface area contributed by atoms with E-state index in [-0.39, 0.29) is 0 Å². The lowest BCUT2D eigenvalue weighted by molar-refractivity contribution is 0.542. The third kappa shape index (κ3) is 4.77. The monoisotopic (exact) mass is 603 g/mol. The molecule has 7 aromatic rings. The van der Waals surface area contributed by atoms with Crippen molar-refractivity contribution >= 4 is 23.1 Å². The highest BCUT2D eigenvalue weighted by Crippen LogP contribution is 2.44. The van der Waals surface area contributed by atoms with E-state index in [2.05, 4.69) is 41.0 Å². The fraction of sp³-hybridized carbons (Fsp3) is 0.0769. The van der Waals surface area contributed by atoms with Crippen molar-refractivity contribution in [2.75, 3.05) is 0 Å². The molecule has 0 atom stereocenters. The van der Waals surface area contributed by atoms with Crippen LogP contribution in [0.25, 0.3) is 39.9 Å². The molecule has 0 unspecified atom stereocenters. The van der Waals surface area contributed by atoms with Gasteiger partial charge in [0.05, 0.1) is 11.4 Å². The molecule has 45 heavy (non-hydrogen) atoms. The molecule has 3 heterocycles. The highest BCUT2D eigenvalue weighted by molar-refractivity contribution is 7.85. The number of oxazole rings is 1. The Balaban J connectivity index is 1.29. The summed E-state index contributed by atoms with van der Waals surface area (Å²) in [5, 5.41) is 2.33. The van der Waals surface area contributed by atoms with E-state index in [0.717, 1.165) is 74.8 Å². The van der Waals surface area contributed by atoms with Crippen LogP contribution in [0.4, 0.5) is 0 Å². The van der Waals surface area contributed by atoms with E-state index in [9.17, 15) is 0 Å². The highest BCUT2D eigenvalue weighted by atomic mass is 31.2. The summed E-state index contributed by atoms with van der Waals surface area (Å²) in [6.07, 6.45) is 2.51. The molecule has 0 fully saturated rings. The van der Waals surface area contributed by atoms with Crippen LogP contribution >= 0.6 is 7.14 Å². The average Bonchev–Trinajstić information content (AvgIpc) is 3.67. The molecule has 0 amide bonds. The van der Waals surface area contributed by atoms with Gasteiger partial charge in [-0.2, -0.15) is 0 Å². The van der Waals surface area contributed by atoms with Gasteiger partial charge in [-0.25, -0.2) is 9.97 Å². The predicted molar refractivity (Wildman–Crippen MR) is 181 cm³/mol. The van der Waals surface area contributed by atoms with Crippen LogP contribution in [0.15, 0.2) is 150 Å². The molecule has 1 aliphatic rings. The zero-order chi connectivity index (χ0) is 30.2. The number of fused-ring (bicyclic) bond motifs is 3. The molecule has 0 saturated carbocycles. The van der Waals surface area contributed by atoms with Gasteiger partial charge in [-0.15, -0.1) is 0 Å². The fourth-order valence-electron chi connectivity index (χ4n) is 6.29. The maximum absolute atomic E-state index is 15.1. The van der Waals surface area contributed by atoms with Gasteiger partial charge in [0.2, 0.25) is 11.8 Å². The number of imidazole rings is 1. The van der Waals surface area contributed by atoms with Crippen LogP contribution in [0.5, 0.6) is 0 Å². The SMILES string of the molecule is O=P(c1ccccc1)(c1ccccc1)c1cccc(-c2nc3c(o2)-n2c(nc(-c4ccccc4)c2-c2ccccc2)CCC3)c1. The maximum Gasteiger partial charge on any atom is 0.230 e. The van der Waals surface area contributed by atoms with E-state index in [1.54, 1.807) is 0 Å². The zero-order valence-electron chi connectivity index (χ0n) is 24.6. The summed E-state index contributed by atoms with van der Waals surface area (Å²) < 4.78 is 24.0. The average molecular weight is 604 g/mol. The van der Waals surface area contributed by atoms with Gasteiger partial charge in [-0.1, -0.05) is 133 Å². The summed E-state index contributed by atoms with van der Waals surface area (Å²) in [5.74, 6) is 2.17. The first-order chi connectivity index (χ1) is 22.2. The minimum atomic E-state index is -3.15. The van der Waals surface area contributed by atoms with Gasteiger partial charge in [-0.05, 0) is 25.0 Å². The van der Waals surface area contributed by atoms with Crippen LogP contribution < -0.4 is 15.9 Å². The Labute approximate surface area is 262 Å². The first-order valence-electron chi connectivity index (χ1n) is 15.2. The zero-order valence-corrected chi connectivity index (χ0v) is 25.5. The van der Waals surface area contributed by atoms with Crippen molar-refractivity contribution in [1.29, 1.82) is 0 Å². The Morgan fingerprint density at radius 2 is 1.13 bits per heavy atom. The largest absolute Gasteiger partial charge is 0.419 e. The molecule has 2 aromatic heterocycles. The minimum absolute atomic E-state index is 0.511.